The fourth-order valence-electron chi connectivity index (χ4n) is 4.80. The largest absolute Gasteiger partial charge is 0.465 e. The van der Waals surface area contributed by atoms with Crippen LogP contribution in [-0.2, 0) is 0 Å². The highest BCUT2D eigenvalue weighted by Gasteiger charge is 2.24. The Balaban J connectivity index is 1.42. The first-order valence-corrected chi connectivity index (χ1v) is 13.1. The molecule has 2 unspecified atom stereocenters. The summed E-state index contributed by atoms with van der Waals surface area (Å²) in [6, 6.07) is 14.9. The van der Waals surface area contributed by atoms with Crippen LogP contribution in [0.5, 0.6) is 11.6 Å². The van der Waals surface area contributed by atoms with Crippen molar-refractivity contribution >= 4 is 28.5 Å². The topological polar surface area (TPSA) is 133 Å². The quantitative estimate of drug-likeness (QED) is 0.227. The van der Waals surface area contributed by atoms with Gasteiger partial charge in [0.05, 0.1) is 17.4 Å². The van der Waals surface area contributed by atoms with Gasteiger partial charge in [-0.2, -0.15) is 0 Å². The number of aliphatic hydroxyl groups is 1. The molecule has 0 saturated carbocycles. The standard InChI is InChI=1S/C29H31FN6O4/c1-18-9-10-21-22(6-2-8-24(21)33-16-20(37)15-30)26(18)40-27-23(7-3-12-31-27)25-11-13-32-28(35-25)34-19-5-4-14-36(17-19)29(38)39/h2-3,6-13,19-20,33,37H,4-5,14-17H2,1H3,(H,38,39)(H,32,34,35). The molecule has 1 fully saturated rings. The van der Waals surface area contributed by atoms with Crippen molar-refractivity contribution in [1.29, 1.82) is 0 Å². The van der Waals surface area contributed by atoms with Crippen molar-refractivity contribution in [3.63, 3.8) is 0 Å². The molecule has 0 radical (unpaired) electrons. The lowest BCUT2D eigenvalue weighted by atomic mass is 10.0. The number of aliphatic hydroxyl groups excluding tert-OH is 1. The van der Waals surface area contributed by atoms with Crippen LogP contribution >= 0.6 is 0 Å². The number of nitrogens with one attached hydrogen (secondary N) is 2. The second kappa shape index (κ2) is 12.1. The molecule has 5 rings (SSSR count). The zero-order valence-corrected chi connectivity index (χ0v) is 22.0. The summed E-state index contributed by atoms with van der Waals surface area (Å²) in [6.45, 7) is 2.10. The van der Waals surface area contributed by atoms with Gasteiger partial charge in [0.25, 0.3) is 0 Å². The highest BCUT2D eigenvalue weighted by molar-refractivity contribution is 5.98. The SMILES string of the molecule is Cc1ccc2c(NCC(O)CF)cccc2c1Oc1ncccc1-c1ccnc(NC2CCCN(C(=O)O)C2)n1. The van der Waals surface area contributed by atoms with Crippen molar-refractivity contribution in [1.82, 2.24) is 19.9 Å². The molecule has 0 aliphatic carbocycles. The Hall–Kier alpha value is -4.51. The first kappa shape index (κ1) is 27.1. The molecule has 11 heteroatoms. The molecule has 1 aliphatic rings. The summed E-state index contributed by atoms with van der Waals surface area (Å²) in [5, 5.41) is 27.1. The molecule has 1 aliphatic heterocycles. The van der Waals surface area contributed by atoms with Crippen LogP contribution in [0.1, 0.15) is 18.4 Å². The summed E-state index contributed by atoms with van der Waals surface area (Å²) in [5.41, 5.74) is 2.93. The fourth-order valence-corrected chi connectivity index (χ4v) is 4.80. The second-order valence-electron chi connectivity index (χ2n) is 9.74. The third-order valence-electron chi connectivity index (χ3n) is 6.84. The smallest absolute Gasteiger partial charge is 0.407 e. The maximum absolute atomic E-state index is 12.8. The number of pyridine rings is 1. The van der Waals surface area contributed by atoms with Crippen molar-refractivity contribution in [2.24, 2.45) is 0 Å². The van der Waals surface area contributed by atoms with Gasteiger partial charge in [0.15, 0.2) is 0 Å². The van der Waals surface area contributed by atoms with E-state index in [2.05, 4.69) is 25.6 Å². The summed E-state index contributed by atoms with van der Waals surface area (Å²) in [6.07, 6.45) is 2.86. The van der Waals surface area contributed by atoms with E-state index in [1.165, 1.54) is 4.90 Å². The van der Waals surface area contributed by atoms with E-state index in [1.807, 2.05) is 43.3 Å². The van der Waals surface area contributed by atoms with Crippen molar-refractivity contribution in [3.8, 4) is 22.9 Å². The normalized spacial score (nSPS) is 16.0. The predicted octanol–water partition coefficient (Wildman–Crippen LogP) is 5.09. The number of likely N-dealkylation sites (tertiary alicyclic amines) is 1. The molecule has 0 spiro atoms. The van der Waals surface area contributed by atoms with Crippen LogP contribution in [0.2, 0.25) is 0 Å². The molecule has 2 aromatic carbocycles. The molecule has 208 valence electrons. The predicted molar refractivity (Wildman–Crippen MR) is 151 cm³/mol. The number of alkyl halides is 1. The minimum Gasteiger partial charge on any atom is -0.465 e. The number of anilines is 2. The van der Waals surface area contributed by atoms with Gasteiger partial charge in [-0.05, 0) is 49.6 Å². The number of fused-ring (bicyclic) bond motifs is 1. The van der Waals surface area contributed by atoms with E-state index in [0.717, 1.165) is 34.9 Å². The van der Waals surface area contributed by atoms with Crippen LogP contribution in [0.15, 0.2) is 60.9 Å². The van der Waals surface area contributed by atoms with Crippen molar-refractivity contribution < 1.29 is 24.1 Å². The first-order valence-electron chi connectivity index (χ1n) is 13.1. The lowest BCUT2D eigenvalue weighted by Gasteiger charge is -2.31. The van der Waals surface area contributed by atoms with E-state index < -0.39 is 18.9 Å². The van der Waals surface area contributed by atoms with Crippen molar-refractivity contribution in [2.45, 2.75) is 31.9 Å². The average molecular weight is 547 g/mol. The number of carboxylic acid groups (broad SMARTS) is 1. The molecule has 2 aromatic heterocycles. The van der Waals surface area contributed by atoms with Crippen LogP contribution in [0.3, 0.4) is 0 Å². The van der Waals surface area contributed by atoms with E-state index in [1.54, 1.807) is 24.5 Å². The van der Waals surface area contributed by atoms with Gasteiger partial charge in [0.1, 0.15) is 12.4 Å². The molecule has 1 amide bonds. The lowest BCUT2D eigenvalue weighted by molar-refractivity contribution is 0.132. The third kappa shape index (κ3) is 6.04. The molecule has 40 heavy (non-hydrogen) atoms. The monoisotopic (exact) mass is 546 g/mol. The highest BCUT2D eigenvalue weighted by atomic mass is 19.1. The molecule has 4 N–H and O–H groups in total. The second-order valence-corrected chi connectivity index (χ2v) is 9.74. The number of piperidine rings is 1. The number of benzene rings is 2. The van der Waals surface area contributed by atoms with Gasteiger partial charge in [0.2, 0.25) is 11.8 Å². The van der Waals surface area contributed by atoms with Gasteiger partial charge in [-0.15, -0.1) is 0 Å². The molecule has 10 nitrogen and oxygen atoms in total. The Morgan fingerprint density at radius 3 is 2.85 bits per heavy atom. The molecule has 1 saturated heterocycles. The van der Waals surface area contributed by atoms with Gasteiger partial charge in [-0.3, -0.25) is 0 Å². The Morgan fingerprint density at radius 1 is 1.15 bits per heavy atom. The van der Waals surface area contributed by atoms with E-state index in [0.29, 0.717) is 41.9 Å². The first-order chi connectivity index (χ1) is 19.4. The molecule has 3 heterocycles. The number of rotatable bonds is 9. The van der Waals surface area contributed by atoms with Gasteiger partial charge >= 0.3 is 6.09 Å². The Morgan fingerprint density at radius 2 is 2.02 bits per heavy atom. The average Bonchev–Trinajstić information content (AvgIpc) is 2.97. The number of halogens is 1. The minimum absolute atomic E-state index is 0.0862. The highest BCUT2D eigenvalue weighted by Crippen LogP contribution is 2.38. The Labute approximate surface area is 230 Å². The number of nitrogens with zero attached hydrogens (tertiary/aromatic N) is 4. The number of carbonyl (C=O) groups is 1. The summed E-state index contributed by atoms with van der Waals surface area (Å²) in [5.74, 6) is 1.39. The molecule has 4 aromatic rings. The Kier molecular flexibility index (Phi) is 8.20. The number of aryl methyl sites for hydroxylation is 1. The fraction of sp³-hybridized carbons (Fsp3) is 0.310. The molecular weight excluding hydrogens is 515 g/mol. The third-order valence-corrected chi connectivity index (χ3v) is 6.84. The van der Waals surface area contributed by atoms with E-state index >= 15 is 0 Å². The zero-order valence-electron chi connectivity index (χ0n) is 22.0. The van der Waals surface area contributed by atoms with Gasteiger partial charge < -0.3 is 30.5 Å². The maximum atomic E-state index is 12.8. The van der Waals surface area contributed by atoms with Crippen LogP contribution in [0.25, 0.3) is 22.0 Å². The number of aromatic nitrogens is 3. The summed E-state index contributed by atoms with van der Waals surface area (Å²) >= 11 is 0. The number of amides is 1. The molecule has 0 bridgehead atoms. The summed E-state index contributed by atoms with van der Waals surface area (Å²) < 4.78 is 19.2. The maximum Gasteiger partial charge on any atom is 0.407 e. The van der Waals surface area contributed by atoms with Crippen LogP contribution in [-0.4, -0.2) is 74.6 Å². The summed E-state index contributed by atoms with van der Waals surface area (Å²) in [4.78, 5) is 26.3. The van der Waals surface area contributed by atoms with Crippen LogP contribution < -0.4 is 15.4 Å². The van der Waals surface area contributed by atoms with E-state index in [-0.39, 0.29) is 12.6 Å². The molecule has 2 atom stereocenters. The number of hydrogen-bond donors (Lipinski definition) is 4. The van der Waals surface area contributed by atoms with Crippen molar-refractivity contribution in [2.75, 3.05) is 36.9 Å². The minimum atomic E-state index is -1.09. The lowest BCUT2D eigenvalue weighted by Crippen LogP contribution is -2.44. The van der Waals surface area contributed by atoms with Gasteiger partial charge in [0, 0.05) is 54.5 Å². The molecular formula is C29H31FN6O4. The van der Waals surface area contributed by atoms with Gasteiger partial charge in [-0.25, -0.2) is 24.1 Å². The van der Waals surface area contributed by atoms with Crippen LogP contribution in [0.4, 0.5) is 20.8 Å². The van der Waals surface area contributed by atoms with Crippen molar-refractivity contribution in [3.05, 3.63) is 66.5 Å². The van der Waals surface area contributed by atoms with E-state index in [4.69, 9.17) is 4.74 Å². The van der Waals surface area contributed by atoms with Gasteiger partial charge in [-0.1, -0.05) is 24.3 Å². The number of hydrogen-bond acceptors (Lipinski definition) is 8. The van der Waals surface area contributed by atoms with Crippen LogP contribution in [0, 0.1) is 6.92 Å². The summed E-state index contributed by atoms with van der Waals surface area (Å²) in [7, 11) is 0. The van der Waals surface area contributed by atoms with E-state index in [9.17, 15) is 19.4 Å². The Bertz CT molecular complexity index is 1500. The zero-order chi connectivity index (χ0) is 28.1. The number of ether oxygens (including phenoxy) is 1.